The first-order chi connectivity index (χ1) is 14.6. The Kier molecular flexibility index (Phi) is 4.58. The Morgan fingerprint density at radius 3 is 2.83 bits per heavy atom. The van der Waals surface area contributed by atoms with Crippen molar-refractivity contribution in [1.82, 2.24) is 24.6 Å². The monoisotopic (exact) mass is 403 g/mol. The van der Waals surface area contributed by atoms with Gasteiger partial charge < -0.3 is 9.47 Å². The van der Waals surface area contributed by atoms with Gasteiger partial charge in [0.15, 0.2) is 0 Å². The Morgan fingerprint density at radius 1 is 1.23 bits per heavy atom. The van der Waals surface area contributed by atoms with Crippen LogP contribution in [0, 0.1) is 11.7 Å². The molecule has 152 valence electrons. The standard InChI is InChI=1S/C23H22FN5O/c1-15-8-16(14-29(15)23(30)17-2-4-20(24)5-3-17)13-28-7-6-18-9-21(25-12-22(18)28)19-10-26-27-11-19/h2-7,9-12,15-16H,8,13-14H2,1H3,(H,26,27)/t15-,16+/m0/s1. The number of hydrogen-bond acceptors (Lipinski definition) is 3. The predicted molar refractivity (Wildman–Crippen MR) is 112 cm³/mol. The SMILES string of the molecule is C[C@H]1C[C@H](Cn2ccc3cc(-c4cn[nH]c4)ncc32)CN1C(=O)c1ccc(F)cc1. The highest BCUT2D eigenvalue weighted by Crippen LogP contribution is 2.28. The molecule has 0 saturated carbocycles. The van der Waals surface area contributed by atoms with Crippen molar-refractivity contribution >= 4 is 16.8 Å². The van der Waals surface area contributed by atoms with Crippen molar-refractivity contribution in [2.24, 2.45) is 5.92 Å². The molecule has 0 unspecified atom stereocenters. The second kappa shape index (κ2) is 7.40. The van der Waals surface area contributed by atoms with Gasteiger partial charge >= 0.3 is 0 Å². The summed E-state index contributed by atoms with van der Waals surface area (Å²) in [4.78, 5) is 19.3. The number of pyridine rings is 1. The van der Waals surface area contributed by atoms with Crippen molar-refractivity contribution in [1.29, 1.82) is 0 Å². The smallest absolute Gasteiger partial charge is 0.254 e. The van der Waals surface area contributed by atoms with Gasteiger partial charge in [0.05, 0.1) is 23.6 Å². The van der Waals surface area contributed by atoms with Crippen LogP contribution >= 0.6 is 0 Å². The number of likely N-dealkylation sites (tertiary alicyclic amines) is 1. The van der Waals surface area contributed by atoms with E-state index in [9.17, 15) is 9.18 Å². The normalized spacial score (nSPS) is 18.9. The van der Waals surface area contributed by atoms with Crippen LogP contribution in [0.5, 0.6) is 0 Å². The number of carbonyl (C=O) groups is 1. The molecule has 7 heteroatoms. The van der Waals surface area contributed by atoms with Crippen LogP contribution in [0.15, 0.2) is 61.2 Å². The molecule has 1 amide bonds. The summed E-state index contributed by atoms with van der Waals surface area (Å²) in [6.45, 7) is 3.60. The highest BCUT2D eigenvalue weighted by atomic mass is 19.1. The van der Waals surface area contributed by atoms with Crippen LogP contribution in [-0.2, 0) is 6.54 Å². The molecule has 1 fully saturated rings. The fourth-order valence-electron chi connectivity index (χ4n) is 4.39. The number of benzene rings is 1. The van der Waals surface area contributed by atoms with E-state index in [1.54, 1.807) is 18.3 Å². The molecule has 1 aliphatic heterocycles. The maximum absolute atomic E-state index is 13.2. The van der Waals surface area contributed by atoms with Crippen molar-refractivity contribution in [3.8, 4) is 11.3 Å². The second-order valence-electron chi connectivity index (χ2n) is 8.00. The van der Waals surface area contributed by atoms with Crippen LogP contribution in [-0.4, -0.2) is 43.1 Å². The minimum absolute atomic E-state index is 0.0335. The first-order valence-electron chi connectivity index (χ1n) is 10.1. The Morgan fingerprint density at radius 2 is 2.07 bits per heavy atom. The number of carbonyl (C=O) groups excluding carboxylic acids is 1. The molecule has 5 rings (SSSR count). The predicted octanol–water partition coefficient (Wildman–Crippen LogP) is 4.12. The van der Waals surface area contributed by atoms with Crippen LogP contribution in [0.25, 0.3) is 22.2 Å². The molecule has 1 aliphatic rings. The van der Waals surface area contributed by atoms with Crippen molar-refractivity contribution in [2.45, 2.75) is 25.9 Å². The first-order valence-corrected chi connectivity index (χ1v) is 10.1. The molecule has 3 aromatic heterocycles. The van der Waals surface area contributed by atoms with E-state index in [4.69, 9.17) is 0 Å². The number of rotatable bonds is 4. The van der Waals surface area contributed by atoms with Gasteiger partial charge in [-0.3, -0.25) is 14.9 Å². The number of nitrogens with zero attached hydrogens (tertiary/aromatic N) is 4. The largest absolute Gasteiger partial charge is 0.346 e. The van der Waals surface area contributed by atoms with E-state index in [-0.39, 0.29) is 17.8 Å². The van der Waals surface area contributed by atoms with Crippen LogP contribution in [0.3, 0.4) is 0 Å². The Hall–Kier alpha value is -3.48. The fraction of sp³-hybridized carbons (Fsp3) is 0.261. The lowest BCUT2D eigenvalue weighted by molar-refractivity contribution is 0.0742. The van der Waals surface area contributed by atoms with Gasteiger partial charge in [-0.05, 0) is 55.7 Å². The summed E-state index contributed by atoms with van der Waals surface area (Å²) in [7, 11) is 0. The molecule has 6 nitrogen and oxygen atoms in total. The summed E-state index contributed by atoms with van der Waals surface area (Å²) < 4.78 is 15.4. The summed E-state index contributed by atoms with van der Waals surface area (Å²) in [6, 6.07) is 10.1. The Bertz CT molecular complexity index is 1180. The molecular weight excluding hydrogens is 381 g/mol. The highest BCUT2D eigenvalue weighted by molar-refractivity contribution is 5.94. The van der Waals surface area contributed by atoms with Crippen LogP contribution < -0.4 is 0 Å². The van der Waals surface area contributed by atoms with Crippen molar-refractivity contribution in [3.63, 3.8) is 0 Å². The number of fused-ring (bicyclic) bond motifs is 1. The minimum atomic E-state index is -0.331. The van der Waals surface area contributed by atoms with Gasteiger partial charge in [-0.25, -0.2) is 4.39 Å². The maximum Gasteiger partial charge on any atom is 0.254 e. The maximum atomic E-state index is 13.2. The number of hydrogen-bond donors (Lipinski definition) is 1. The third kappa shape index (κ3) is 3.36. The molecule has 0 radical (unpaired) electrons. The van der Waals surface area contributed by atoms with E-state index >= 15 is 0 Å². The Labute approximate surface area is 173 Å². The molecule has 4 heterocycles. The van der Waals surface area contributed by atoms with Gasteiger partial charge in [0.2, 0.25) is 0 Å². The van der Waals surface area contributed by atoms with E-state index in [0.717, 1.165) is 35.1 Å². The fourth-order valence-corrected chi connectivity index (χ4v) is 4.39. The van der Waals surface area contributed by atoms with Crippen molar-refractivity contribution in [3.05, 3.63) is 72.6 Å². The van der Waals surface area contributed by atoms with E-state index in [0.29, 0.717) is 18.0 Å². The number of amides is 1. The molecule has 0 aliphatic carbocycles. The number of halogens is 1. The van der Waals surface area contributed by atoms with E-state index in [1.807, 2.05) is 17.3 Å². The lowest BCUT2D eigenvalue weighted by atomic mass is 10.1. The third-order valence-electron chi connectivity index (χ3n) is 5.92. The molecule has 0 spiro atoms. The van der Waals surface area contributed by atoms with Gasteiger partial charge in [0, 0.05) is 48.0 Å². The zero-order valence-corrected chi connectivity index (χ0v) is 16.6. The second-order valence-corrected chi connectivity index (χ2v) is 8.00. The summed E-state index contributed by atoms with van der Waals surface area (Å²) in [5.41, 5.74) is 3.47. The number of aromatic amines is 1. The zero-order chi connectivity index (χ0) is 20.7. The molecule has 4 aromatic rings. The number of H-pyrrole nitrogens is 1. The van der Waals surface area contributed by atoms with Gasteiger partial charge in [0.1, 0.15) is 5.82 Å². The van der Waals surface area contributed by atoms with Gasteiger partial charge in [-0.2, -0.15) is 5.10 Å². The van der Waals surface area contributed by atoms with E-state index in [2.05, 4.69) is 45.0 Å². The first kappa shape index (κ1) is 18.5. The molecule has 2 atom stereocenters. The zero-order valence-electron chi connectivity index (χ0n) is 16.6. The minimum Gasteiger partial charge on any atom is -0.346 e. The summed E-state index contributed by atoms with van der Waals surface area (Å²) >= 11 is 0. The number of nitrogens with one attached hydrogen (secondary N) is 1. The van der Waals surface area contributed by atoms with E-state index < -0.39 is 0 Å². The average Bonchev–Trinajstić information content (AvgIpc) is 3.49. The van der Waals surface area contributed by atoms with Crippen molar-refractivity contribution < 1.29 is 9.18 Å². The lowest BCUT2D eigenvalue weighted by Crippen LogP contribution is -2.34. The van der Waals surface area contributed by atoms with Gasteiger partial charge in [0.25, 0.3) is 5.91 Å². The molecule has 1 saturated heterocycles. The van der Waals surface area contributed by atoms with Gasteiger partial charge in [-0.15, -0.1) is 0 Å². The quantitative estimate of drug-likeness (QED) is 0.557. The number of aromatic nitrogens is 4. The van der Waals surface area contributed by atoms with E-state index in [1.165, 1.54) is 12.1 Å². The van der Waals surface area contributed by atoms with Crippen LogP contribution in [0.1, 0.15) is 23.7 Å². The van der Waals surface area contributed by atoms with Crippen LogP contribution in [0.4, 0.5) is 4.39 Å². The topological polar surface area (TPSA) is 66.8 Å². The molecule has 0 bridgehead atoms. The summed E-state index contributed by atoms with van der Waals surface area (Å²) in [5, 5.41) is 7.93. The average molecular weight is 403 g/mol. The van der Waals surface area contributed by atoms with Gasteiger partial charge in [-0.1, -0.05) is 0 Å². The molecule has 30 heavy (non-hydrogen) atoms. The summed E-state index contributed by atoms with van der Waals surface area (Å²) in [5.74, 6) is -0.00903. The molecule has 1 aromatic carbocycles. The molecular formula is C23H22FN5O. The Balaban J connectivity index is 1.32. The van der Waals surface area contributed by atoms with Crippen LogP contribution in [0.2, 0.25) is 0 Å². The molecule has 1 N–H and O–H groups in total. The lowest BCUT2D eigenvalue weighted by Gasteiger charge is -2.21. The highest BCUT2D eigenvalue weighted by Gasteiger charge is 2.33. The van der Waals surface area contributed by atoms with Crippen molar-refractivity contribution in [2.75, 3.05) is 6.54 Å². The summed E-state index contributed by atoms with van der Waals surface area (Å²) in [6.07, 6.45) is 8.51. The third-order valence-corrected chi connectivity index (χ3v) is 5.92.